The first-order valence-corrected chi connectivity index (χ1v) is 14.3. The smallest absolute Gasteiger partial charge is 0.304 e. The van der Waals surface area contributed by atoms with Crippen LogP contribution in [0.1, 0.15) is 46.0 Å². The number of esters is 2. The van der Waals surface area contributed by atoms with Gasteiger partial charge in [0.15, 0.2) is 13.5 Å². The Hall–Kier alpha value is -6.84. The Balaban J connectivity index is 1.22. The van der Waals surface area contributed by atoms with E-state index in [1.54, 1.807) is 36.5 Å². The topological polar surface area (TPSA) is 209 Å². The van der Waals surface area contributed by atoms with E-state index in [-0.39, 0.29) is 47.5 Å². The molecule has 0 saturated heterocycles. The lowest BCUT2D eigenvalue weighted by atomic mass is 10.0. The van der Waals surface area contributed by atoms with Gasteiger partial charge in [0.2, 0.25) is 11.6 Å². The average molecular weight is 651 g/mol. The largest absolute Gasteiger partial charge is 0.507 e. The molecule has 16 nitrogen and oxygen atoms in total. The lowest BCUT2D eigenvalue weighted by Crippen LogP contribution is -2.12. The molecule has 48 heavy (non-hydrogen) atoms. The summed E-state index contributed by atoms with van der Waals surface area (Å²) in [6, 6.07) is 13.6. The third kappa shape index (κ3) is 6.30. The molecule has 0 radical (unpaired) electrons. The predicted octanol–water partition coefficient (Wildman–Crippen LogP) is 3.24. The number of benzene rings is 2. The van der Waals surface area contributed by atoms with Crippen LogP contribution in [0.5, 0.6) is 11.5 Å². The molecule has 6 rings (SSSR count). The molecule has 242 valence electrons. The van der Waals surface area contributed by atoms with Crippen molar-refractivity contribution in [1.82, 2.24) is 39.5 Å². The molecular weight excluding hydrogens is 624 g/mol. The van der Waals surface area contributed by atoms with Crippen molar-refractivity contribution in [2.75, 3.05) is 0 Å². The van der Waals surface area contributed by atoms with Gasteiger partial charge in [-0.25, -0.2) is 9.36 Å². The molecule has 0 aliphatic rings. The van der Waals surface area contributed by atoms with Crippen LogP contribution in [0.25, 0.3) is 28.2 Å². The number of phenolic OH excluding ortho intramolecular Hbond substituents is 2. The molecule has 16 heteroatoms. The fourth-order valence-corrected chi connectivity index (χ4v) is 4.86. The summed E-state index contributed by atoms with van der Waals surface area (Å²) in [5.41, 5.74) is 2.32. The zero-order valence-corrected chi connectivity index (χ0v) is 25.4. The van der Waals surface area contributed by atoms with Gasteiger partial charge in [0.25, 0.3) is 0 Å². The standard InChI is InChI=1S/C32H26N8O8/c1-18(41)47-16-38-14-24(34-36-38)20-5-7-22(28(43)12-20)31(45)27-4-3-11-40(27)26-9-10-33-30(26)32(46)23-8-6-21(13-29(23)44)25-15-39(37-35-25)17-48-19(2)42/h3-15,33,43-44H,16-17H2,1-2H3. The highest BCUT2D eigenvalue weighted by atomic mass is 16.5. The molecule has 6 aromatic rings. The van der Waals surface area contributed by atoms with E-state index in [2.05, 4.69) is 25.6 Å². The van der Waals surface area contributed by atoms with Crippen LogP contribution in [0.4, 0.5) is 0 Å². The molecule has 4 aromatic heterocycles. The molecule has 0 amide bonds. The summed E-state index contributed by atoms with van der Waals surface area (Å²) in [6.07, 6.45) is 6.18. The van der Waals surface area contributed by atoms with Gasteiger partial charge in [-0.3, -0.25) is 19.2 Å². The third-order valence-electron chi connectivity index (χ3n) is 7.15. The van der Waals surface area contributed by atoms with Gasteiger partial charge in [-0.1, -0.05) is 22.6 Å². The minimum atomic E-state index is -0.543. The van der Waals surface area contributed by atoms with Crippen molar-refractivity contribution in [2.45, 2.75) is 27.3 Å². The molecule has 4 heterocycles. The first kappa shape index (κ1) is 31.2. The molecule has 0 fully saturated rings. The number of nitrogens with zero attached hydrogens (tertiary/aromatic N) is 7. The van der Waals surface area contributed by atoms with Crippen LogP contribution in [-0.4, -0.2) is 73.3 Å². The minimum Gasteiger partial charge on any atom is -0.507 e. The Kier molecular flexibility index (Phi) is 8.36. The van der Waals surface area contributed by atoms with Crippen molar-refractivity contribution in [1.29, 1.82) is 0 Å². The number of carbonyl (C=O) groups is 4. The van der Waals surface area contributed by atoms with Crippen molar-refractivity contribution < 1.29 is 38.9 Å². The minimum absolute atomic E-state index is 0.00666. The van der Waals surface area contributed by atoms with Crippen LogP contribution in [-0.2, 0) is 32.5 Å². The second-order valence-electron chi connectivity index (χ2n) is 10.4. The van der Waals surface area contributed by atoms with E-state index in [0.717, 1.165) is 0 Å². The van der Waals surface area contributed by atoms with E-state index in [1.165, 1.54) is 70.6 Å². The summed E-state index contributed by atoms with van der Waals surface area (Å²) >= 11 is 0. The molecule has 0 bridgehead atoms. The van der Waals surface area contributed by atoms with Crippen molar-refractivity contribution in [3.05, 3.63) is 102 Å². The zero-order chi connectivity index (χ0) is 33.9. The van der Waals surface area contributed by atoms with E-state index in [0.29, 0.717) is 28.2 Å². The third-order valence-corrected chi connectivity index (χ3v) is 7.15. The van der Waals surface area contributed by atoms with Gasteiger partial charge in [-0.15, -0.1) is 10.2 Å². The highest BCUT2D eigenvalue weighted by Crippen LogP contribution is 2.31. The monoisotopic (exact) mass is 650 g/mol. The first-order chi connectivity index (χ1) is 23.1. The Morgan fingerprint density at radius 3 is 1.81 bits per heavy atom. The number of aromatic nitrogens is 8. The van der Waals surface area contributed by atoms with Crippen LogP contribution in [0.3, 0.4) is 0 Å². The Morgan fingerprint density at radius 1 is 0.750 bits per heavy atom. The molecule has 3 N–H and O–H groups in total. The maximum Gasteiger partial charge on any atom is 0.304 e. The fourth-order valence-electron chi connectivity index (χ4n) is 4.86. The summed E-state index contributed by atoms with van der Waals surface area (Å²) in [7, 11) is 0. The number of ether oxygens (including phenoxy) is 2. The van der Waals surface area contributed by atoms with Crippen LogP contribution >= 0.6 is 0 Å². The zero-order valence-electron chi connectivity index (χ0n) is 25.4. The number of hydrogen-bond acceptors (Lipinski definition) is 12. The van der Waals surface area contributed by atoms with Crippen LogP contribution in [0.15, 0.2) is 79.4 Å². The summed E-state index contributed by atoms with van der Waals surface area (Å²) in [4.78, 5) is 52.3. The Morgan fingerprint density at radius 2 is 1.29 bits per heavy atom. The predicted molar refractivity (Wildman–Crippen MR) is 165 cm³/mol. The number of carbonyl (C=O) groups excluding carboxylic acids is 4. The Labute approximate surface area is 270 Å². The number of aromatic hydroxyl groups is 2. The number of ketones is 2. The molecular formula is C32H26N8O8. The molecule has 2 aromatic carbocycles. The van der Waals surface area contributed by atoms with Crippen molar-refractivity contribution in [2.24, 2.45) is 0 Å². The molecule has 0 aliphatic heterocycles. The summed E-state index contributed by atoms with van der Waals surface area (Å²) in [6.45, 7) is 2.30. The van der Waals surface area contributed by atoms with Gasteiger partial charge in [-0.2, -0.15) is 0 Å². The van der Waals surface area contributed by atoms with E-state index in [1.807, 2.05) is 0 Å². The lowest BCUT2D eigenvalue weighted by Gasteiger charge is -2.11. The van der Waals surface area contributed by atoms with Crippen molar-refractivity contribution in [3.8, 4) is 39.7 Å². The maximum absolute atomic E-state index is 13.7. The molecule has 0 aliphatic carbocycles. The van der Waals surface area contributed by atoms with Crippen LogP contribution < -0.4 is 0 Å². The summed E-state index contributed by atoms with van der Waals surface area (Å²) in [5.74, 6) is -2.62. The van der Waals surface area contributed by atoms with Gasteiger partial charge in [0.05, 0.1) is 34.9 Å². The Bertz CT molecular complexity index is 2040. The van der Waals surface area contributed by atoms with Crippen molar-refractivity contribution >= 4 is 23.5 Å². The quantitative estimate of drug-likeness (QED) is 0.136. The number of H-pyrrole nitrogens is 1. The van der Waals surface area contributed by atoms with E-state index < -0.39 is 23.5 Å². The second kappa shape index (κ2) is 12.9. The molecule has 0 unspecified atom stereocenters. The van der Waals surface area contributed by atoms with Gasteiger partial charge >= 0.3 is 11.9 Å². The number of aromatic amines is 1. The lowest BCUT2D eigenvalue weighted by molar-refractivity contribution is -0.146. The summed E-state index contributed by atoms with van der Waals surface area (Å²) in [5, 5.41) is 37.5. The number of nitrogens with one attached hydrogen (secondary N) is 1. The van der Waals surface area contributed by atoms with Gasteiger partial charge < -0.3 is 29.2 Å². The molecule has 0 saturated carbocycles. The fraction of sp³-hybridized carbons (Fsp3) is 0.125. The normalized spacial score (nSPS) is 11.0. The average Bonchev–Trinajstić information content (AvgIpc) is 3.88. The van der Waals surface area contributed by atoms with Gasteiger partial charge in [0, 0.05) is 37.4 Å². The van der Waals surface area contributed by atoms with Gasteiger partial charge in [-0.05, 0) is 42.5 Å². The summed E-state index contributed by atoms with van der Waals surface area (Å²) < 4.78 is 13.9. The van der Waals surface area contributed by atoms with E-state index in [9.17, 15) is 29.4 Å². The molecule has 0 spiro atoms. The maximum atomic E-state index is 13.7. The molecule has 0 atom stereocenters. The SMILES string of the molecule is CC(=O)OCn1cc(-c2ccc(C(=O)c3[nH]ccc3-n3cccc3C(=O)c3ccc(-c4cn(COC(C)=O)nn4)cc3O)c(O)c2)nn1. The van der Waals surface area contributed by atoms with Crippen molar-refractivity contribution in [3.63, 3.8) is 0 Å². The number of rotatable bonds is 11. The second-order valence-corrected chi connectivity index (χ2v) is 10.4. The highest BCUT2D eigenvalue weighted by molar-refractivity contribution is 6.13. The number of phenols is 2. The van der Waals surface area contributed by atoms with E-state index in [4.69, 9.17) is 9.47 Å². The highest BCUT2D eigenvalue weighted by Gasteiger charge is 2.24. The van der Waals surface area contributed by atoms with Crippen LogP contribution in [0, 0.1) is 0 Å². The van der Waals surface area contributed by atoms with E-state index >= 15 is 0 Å². The van der Waals surface area contributed by atoms with Gasteiger partial charge in [0.1, 0.15) is 28.6 Å². The van der Waals surface area contributed by atoms with Crippen LogP contribution in [0.2, 0.25) is 0 Å². The first-order valence-electron chi connectivity index (χ1n) is 14.3. The number of hydrogen-bond donors (Lipinski definition) is 3.